The molecular formula is C11H22N2O2S. The van der Waals surface area contributed by atoms with Crippen LogP contribution in [0.5, 0.6) is 0 Å². The molecule has 0 spiro atoms. The monoisotopic (exact) mass is 246 g/mol. The van der Waals surface area contributed by atoms with E-state index >= 15 is 0 Å². The minimum absolute atomic E-state index is 0.102. The van der Waals surface area contributed by atoms with Crippen LogP contribution in [0, 0.1) is 11.8 Å². The van der Waals surface area contributed by atoms with E-state index in [2.05, 4.69) is 0 Å². The van der Waals surface area contributed by atoms with Crippen LogP contribution in [0.3, 0.4) is 0 Å². The van der Waals surface area contributed by atoms with Crippen molar-refractivity contribution >= 4 is 10.0 Å². The van der Waals surface area contributed by atoms with E-state index in [1.54, 1.807) is 4.31 Å². The first-order chi connectivity index (χ1) is 7.63. The maximum Gasteiger partial charge on any atom is 0.215 e. The van der Waals surface area contributed by atoms with Gasteiger partial charge in [-0.25, -0.2) is 12.7 Å². The van der Waals surface area contributed by atoms with Crippen molar-refractivity contribution in [1.29, 1.82) is 0 Å². The summed E-state index contributed by atoms with van der Waals surface area (Å²) in [4.78, 5) is 0. The lowest BCUT2D eigenvalue weighted by atomic mass is 9.76. The van der Waals surface area contributed by atoms with E-state index in [0.29, 0.717) is 12.5 Å². The molecule has 5 heteroatoms. The molecule has 0 aromatic rings. The van der Waals surface area contributed by atoms with Gasteiger partial charge in [-0.3, -0.25) is 0 Å². The van der Waals surface area contributed by atoms with Gasteiger partial charge >= 0.3 is 0 Å². The molecule has 1 saturated heterocycles. The smallest absolute Gasteiger partial charge is 0.215 e. The number of rotatable bonds is 3. The minimum Gasteiger partial charge on any atom is -0.329 e. The Hall–Kier alpha value is -0.130. The second-order valence-electron chi connectivity index (χ2n) is 5.06. The van der Waals surface area contributed by atoms with Crippen LogP contribution < -0.4 is 5.73 Å². The highest BCUT2D eigenvalue weighted by Gasteiger charge is 2.35. The number of piperidine rings is 1. The predicted molar refractivity (Wildman–Crippen MR) is 64.5 cm³/mol. The minimum atomic E-state index is -3.08. The quantitative estimate of drug-likeness (QED) is 0.800. The fourth-order valence-corrected chi connectivity index (χ4v) is 4.46. The van der Waals surface area contributed by atoms with Crippen LogP contribution in [0.25, 0.3) is 0 Å². The van der Waals surface area contributed by atoms with E-state index in [-0.39, 0.29) is 12.3 Å². The van der Waals surface area contributed by atoms with Crippen LogP contribution in [-0.4, -0.2) is 38.1 Å². The van der Waals surface area contributed by atoms with Crippen molar-refractivity contribution in [2.45, 2.75) is 32.1 Å². The Morgan fingerprint density at radius 2 is 1.81 bits per heavy atom. The molecular weight excluding hydrogens is 224 g/mol. The zero-order valence-electron chi connectivity index (χ0n) is 9.77. The molecule has 4 nitrogen and oxygen atoms in total. The van der Waals surface area contributed by atoms with Crippen molar-refractivity contribution in [3.8, 4) is 0 Å². The van der Waals surface area contributed by atoms with Crippen molar-refractivity contribution in [1.82, 2.24) is 4.31 Å². The van der Waals surface area contributed by atoms with Crippen LogP contribution in [0.2, 0.25) is 0 Å². The van der Waals surface area contributed by atoms with Gasteiger partial charge in [-0.2, -0.15) is 0 Å². The van der Waals surface area contributed by atoms with E-state index in [4.69, 9.17) is 5.73 Å². The summed E-state index contributed by atoms with van der Waals surface area (Å²) in [5, 5.41) is 0. The fourth-order valence-electron chi connectivity index (χ4n) is 3.10. The Balaban J connectivity index is 1.99. The summed E-state index contributed by atoms with van der Waals surface area (Å²) in [6.45, 7) is 1.68. The molecule has 94 valence electrons. The molecule has 2 fully saturated rings. The zero-order valence-corrected chi connectivity index (χ0v) is 10.6. The molecule has 1 aliphatic heterocycles. The van der Waals surface area contributed by atoms with Gasteiger partial charge in [0, 0.05) is 19.6 Å². The average molecular weight is 246 g/mol. The summed E-state index contributed by atoms with van der Waals surface area (Å²) in [7, 11) is -3.08. The molecule has 1 saturated carbocycles. The van der Waals surface area contributed by atoms with Crippen LogP contribution in [0.15, 0.2) is 0 Å². The molecule has 0 aromatic heterocycles. The number of hydrogen-bond donors (Lipinski definition) is 1. The number of fused-ring (bicyclic) bond motifs is 1. The maximum absolute atomic E-state index is 11.9. The van der Waals surface area contributed by atoms with Gasteiger partial charge in [0.05, 0.1) is 5.75 Å². The highest BCUT2D eigenvalue weighted by Crippen LogP contribution is 2.36. The van der Waals surface area contributed by atoms with E-state index in [0.717, 1.165) is 18.9 Å². The molecule has 1 aliphatic carbocycles. The van der Waals surface area contributed by atoms with Crippen molar-refractivity contribution in [2.75, 3.05) is 25.4 Å². The molecule has 2 aliphatic rings. The van der Waals surface area contributed by atoms with E-state index in [1.807, 2.05) is 0 Å². The Kier molecular flexibility index (Phi) is 3.87. The fraction of sp³-hybridized carbons (Fsp3) is 1.00. The number of hydrogen-bond acceptors (Lipinski definition) is 3. The standard InChI is InChI=1S/C11H22N2O2S/c12-6-8-16(14,15)13-7-5-10-3-1-2-4-11(10)9-13/h10-11H,1-9,12H2. The lowest BCUT2D eigenvalue weighted by Crippen LogP contribution is -2.46. The summed E-state index contributed by atoms with van der Waals surface area (Å²) in [6.07, 6.45) is 6.16. The third-order valence-electron chi connectivity index (χ3n) is 4.02. The van der Waals surface area contributed by atoms with Crippen molar-refractivity contribution in [3.05, 3.63) is 0 Å². The Bertz CT molecular complexity index is 329. The second-order valence-corrected chi connectivity index (χ2v) is 7.14. The van der Waals surface area contributed by atoms with Crippen LogP contribution in [-0.2, 0) is 10.0 Å². The molecule has 0 aromatic carbocycles. The van der Waals surface area contributed by atoms with Gasteiger partial charge in [0.25, 0.3) is 0 Å². The Morgan fingerprint density at radius 1 is 1.12 bits per heavy atom. The summed E-state index contributed by atoms with van der Waals surface area (Å²) >= 11 is 0. The number of sulfonamides is 1. The summed E-state index contributed by atoms with van der Waals surface area (Å²) in [5.41, 5.74) is 5.35. The maximum atomic E-state index is 11.9. The zero-order chi connectivity index (χ0) is 11.6. The van der Waals surface area contributed by atoms with Gasteiger partial charge in [0.1, 0.15) is 0 Å². The SMILES string of the molecule is NCCS(=O)(=O)N1CCC2CCCCC2C1. The highest BCUT2D eigenvalue weighted by atomic mass is 32.2. The third kappa shape index (κ3) is 2.57. The molecule has 2 rings (SSSR count). The van der Waals surface area contributed by atoms with E-state index in [9.17, 15) is 8.42 Å². The second kappa shape index (κ2) is 5.02. The predicted octanol–water partition coefficient (Wildman–Crippen LogP) is 0.787. The van der Waals surface area contributed by atoms with Crippen LogP contribution in [0.4, 0.5) is 0 Å². The largest absolute Gasteiger partial charge is 0.329 e. The molecule has 0 radical (unpaired) electrons. The lowest BCUT2D eigenvalue weighted by Gasteiger charge is -2.40. The van der Waals surface area contributed by atoms with Gasteiger partial charge in [0.2, 0.25) is 10.0 Å². The van der Waals surface area contributed by atoms with Crippen molar-refractivity contribution < 1.29 is 8.42 Å². The van der Waals surface area contributed by atoms with Crippen molar-refractivity contribution in [2.24, 2.45) is 17.6 Å². The van der Waals surface area contributed by atoms with Gasteiger partial charge < -0.3 is 5.73 Å². The first-order valence-corrected chi connectivity index (χ1v) is 7.92. The van der Waals surface area contributed by atoms with Gasteiger partial charge in [-0.1, -0.05) is 19.3 Å². The summed E-state index contributed by atoms with van der Waals surface area (Å²) < 4.78 is 25.5. The van der Waals surface area contributed by atoms with Crippen molar-refractivity contribution in [3.63, 3.8) is 0 Å². The van der Waals surface area contributed by atoms with Crippen LogP contribution in [0.1, 0.15) is 32.1 Å². The lowest BCUT2D eigenvalue weighted by molar-refractivity contribution is 0.136. The topological polar surface area (TPSA) is 63.4 Å². The molecule has 2 unspecified atom stereocenters. The van der Waals surface area contributed by atoms with Gasteiger partial charge in [0.15, 0.2) is 0 Å². The van der Waals surface area contributed by atoms with E-state index < -0.39 is 10.0 Å². The molecule has 1 heterocycles. The van der Waals surface area contributed by atoms with Gasteiger partial charge in [-0.15, -0.1) is 0 Å². The summed E-state index contributed by atoms with van der Waals surface area (Å²) in [6, 6.07) is 0. The summed E-state index contributed by atoms with van der Waals surface area (Å²) in [5.74, 6) is 1.48. The van der Waals surface area contributed by atoms with Gasteiger partial charge in [-0.05, 0) is 24.7 Å². The van der Waals surface area contributed by atoms with E-state index in [1.165, 1.54) is 25.7 Å². The average Bonchev–Trinajstić information content (AvgIpc) is 2.28. The normalized spacial score (nSPS) is 32.3. The number of nitrogens with zero attached hydrogens (tertiary/aromatic N) is 1. The molecule has 0 bridgehead atoms. The molecule has 2 atom stereocenters. The first-order valence-electron chi connectivity index (χ1n) is 6.31. The Labute approximate surface area is 98.2 Å². The van der Waals surface area contributed by atoms with Crippen LogP contribution >= 0.6 is 0 Å². The molecule has 2 N–H and O–H groups in total. The highest BCUT2D eigenvalue weighted by molar-refractivity contribution is 7.89. The Morgan fingerprint density at radius 3 is 2.50 bits per heavy atom. The molecule has 0 amide bonds. The third-order valence-corrected chi connectivity index (χ3v) is 5.89. The number of nitrogens with two attached hydrogens (primary N) is 1. The molecule has 16 heavy (non-hydrogen) atoms. The first kappa shape index (κ1) is 12.3.